The van der Waals surface area contributed by atoms with E-state index < -0.39 is 0 Å². The van der Waals surface area contributed by atoms with Crippen molar-refractivity contribution in [2.24, 2.45) is 0 Å². The molecule has 9 nitrogen and oxygen atoms in total. The van der Waals surface area contributed by atoms with Crippen LogP contribution in [0.2, 0.25) is 0 Å². The van der Waals surface area contributed by atoms with Crippen LogP contribution in [0, 0.1) is 0 Å². The second kappa shape index (κ2) is 12.4. The van der Waals surface area contributed by atoms with Crippen molar-refractivity contribution in [1.29, 1.82) is 0 Å². The Balaban J connectivity index is 1.35. The highest BCUT2D eigenvalue weighted by Gasteiger charge is 2.09. The zero-order chi connectivity index (χ0) is 26.0. The van der Waals surface area contributed by atoms with E-state index in [9.17, 15) is 9.59 Å². The Morgan fingerprint density at radius 1 is 0.865 bits per heavy atom. The van der Waals surface area contributed by atoms with Gasteiger partial charge in [0.1, 0.15) is 0 Å². The van der Waals surface area contributed by atoms with Crippen LogP contribution in [0.3, 0.4) is 0 Å². The molecule has 0 fully saturated rings. The summed E-state index contributed by atoms with van der Waals surface area (Å²) in [5.74, 6) is 0.155. The number of anilines is 4. The van der Waals surface area contributed by atoms with Gasteiger partial charge in [0.05, 0.1) is 26.3 Å². The molecule has 4 aromatic rings. The number of amides is 2. The summed E-state index contributed by atoms with van der Waals surface area (Å²) in [5.41, 5.74) is 4.15. The van der Waals surface area contributed by atoms with Crippen LogP contribution in [0.5, 0.6) is 0 Å². The normalized spacial score (nSPS) is 10.7. The van der Waals surface area contributed by atoms with E-state index in [0.717, 1.165) is 29.9 Å². The van der Waals surface area contributed by atoms with E-state index in [2.05, 4.69) is 45.0 Å². The predicted octanol–water partition coefficient (Wildman–Crippen LogP) is 3.40. The largest absolute Gasteiger partial charge is 0.340 e. The third-order valence-corrected chi connectivity index (χ3v) is 5.50. The SMILES string of the molecule is C[NH+](C)CCCC(=O)Nc1ccc(C(=O)Nc2cccc(Nc3nccc(-c4cccnc4)n3)c2)cc1. The molecule has 0 spiro atoms. The number of quaternary nitrogens is 1. The lowest BCUT2D eigenvalue weighted by molar-refractivity contribution is -0.858. The maximum atomic E-state index is 12.8. The molecule has 0 unspecified atom stereocenters. The number of carbonyl (C=O) groups is 2. The minimum atomic E-state index is -0.251. The highest BCUT2D eigenvalue weighted by Crippen LogP contribution is 2.21. The summed E-state index contributed by atoms with van der Waals surface area (Å²) in [6.45, 7) is 0.939. The fourth-order valence-corrected chi connectivity index (χ4v) is 3.63. The Kier molecular flexibility index (Phi) is 8.51. The number of nitrogens with zero attached hydrogens (tertiary/aromatic N) is 3. The monoisotopic (exact) mass is 496 g/mol. The second-order valence-electron chi connectivity index (χ2n) is 8.85. The first-order chi connectivity index (χ1) is 18.0. The lowest BCUT2D eigenvalue weighted by atomic mass is 10.1. The summed E-state index contributed by atoms with van der Waals surface area (Å²) < 4.78 is 0. The van der Waals surface area contributed by atoms with Crippen molar-refractivity contribution >= 4 is 34.8 Å². The molecule has 2 heterocycles. The third-order valence-electron chi connectivity index (χ3n) is 5.50. The van der Waals surface area contributed by atoms with E-state index in [-0.39, 0.29) is 11.8 Å². The average molecular weight is 497 g/mol. The summed E-state index contributed by atoms with van der Waals surface area (Å²) in [6.07, 6.45) is 6.43. The molecule has 0 aliphatic carbocycles. The minimum Gasteiger partial charge on any atom is -0.340 e. The molecule has 0 saturated heterocycles. The lowest BCUT2D eigenvalue weighted by Gasteiger charge is -2.10. The van der Waals surface area contributed by atoms with E-state index in [0.29, 0.717) is 29.3 Å². The zero-order valence-corrected chi connectivity index (χ0v) is 20.9. The third kappa shape index (κ3) is 7.68. The Labute approximate surface area is 216 Å². The number of carbonyl (C=O) groups excluding carboxylic acids is 2. The van der Waals surface area contributed by atoms with E-state index >= 15 is 0 Å². The molecule has 9 heteroatoms. The van der Waals surface area contributed by atoms with Gasteiger partial charge in [-0.2, -0.15) is 0 Å². The molecule has 0 aliphatic heterocycles. The maximum absolute atomic E-state index is 12.8. The molecule has 188 valence electrons. The Hall–Kier alpha value is -4.63. The number of hydrogen-bond donors (Lipinski definition) is 4. The molecule has 0 atom stereocenters. The van der Waals surface area contributed by atoms with Gasteiger partial charge in [-0.1, -0.05) is 6.07 Å². The van der Waals surface area contributed by atoms with Crippen LogP contribution in [0.15, 0.2) is 85.3 Å². The van der Waals surface area contributed by atoms with Crippen LogP contribution in [-0.4, -0.2) is 47.4 Å². The first-order valence-corrected chi connectivity index (χ1v) is 12.1. The summed E-state index contributed by atoms with van der Waals surface area (Å²) in [5, 5.41) is 8.95. The van der Waals surface area contributed by atoms with Crippen molar-refractivity contribution in [2.75, 3.05) is 36.6 Å². The van der Waals surface area contributed by atoms with Gasteiger partial charge in [0.15, 0.2) is 0 Å². The van der Waals surface area contributed by atoms with Gasteiger partial charge in [-0.05, 0) is 60.7 Å². The molecule has 0 saturated carbocycles. The first kappa shape index (κ1) is 25.5. The molecule has 4 rings (SSSR count). The van der Waals surface area contributed by atoms with Crippen LogP contribution < -0.4 is 20.9 Å². The summed E-state index contributed by atoms with van der Waals surface area (Å²) >= 11 is 0. The fraction of sp³-hybridized carbons (Fsp3) is 0.179. The molecule has 4 N–H and O–H groups in total. The van der Waals surface area contributed by atoms with E-state index in [4.69, 9.17) is 0 Å². The van der Waals surface area contributed by atoms with Gasteiger partial charge >= 0.3 is 0 Å². The smallest absolute Gasteiger partial charge is 0.255 e. The van der Waals surface area contributed by atoms with Crippen LogP contribution in [-0.2, 0) is 4.79 Å². The van der Waals surface area contributed by atoms with Crippen molar-refractivity contribution in [1.82, 2.24) is 15.0 Å². The number of nitrogens with one attached hydrogen (secondary N) is 4. The molecule has 0 bridgehead atoms. The molecule has 2 amide bonds. The van der Waals surface area contributed by atoms with Gasteiger partial charge in [0, 0.05) is 59.6 Å². The van der Waals surface area contributed by atoms with Gasteiger partial charge in [-0.3, -0.25) is 14.6 Å². The van der Waals surface area contributed by atoms with Crippen LogP contribution >= 0.6 is 0 Å². The average Bonchev–Trinajstić information content (AvgIpc) is 2.90. The van der Waals surface area contributed by atoms with Gasteiger partial charge in [-0.25, -0.2) is 9.97 Å². The molecule has 0 radical (unpaired) electrons. The first-order valence-electron chi connectivity index (χ1n) is 12.1. The molecule has 2 aromatic carbocycles. The van der Waals surface area contributed by atoms with Gasteiger partial charge in [-0.15, -0.1) is 0 Å². The van der Waals surface area contributed by atoms with E-state index in [1.807, 2.05) is 36.4 Å². The molecule has 2 aromatic heterocycles. The predicted molar refractivity (Wildman–Crippen MR) is 145 cm³/mol. The topological polar surface area (TPSA) is 113 Å². The van der Waals surface area contributed by atoms with Crippen molar-refractivity contribution in [3.8, 4) is 11.3 Å². The summed E-state index contributed by atoms with van der Waals surface area (Å²) in [4.78, 5) is 39.1. The highest BCUT2D eigenvalue weighted by molar-refractivity contribution is 6.05. The second-order valence-corrected chi connectivity index (χ2v) is 8.85. The number of aromatic nitrogens is 3. The Bertz CT molecular complexity index is 1340. The summed E-state index contributed by atoms with van der Waals surface area (Å²) in [7, 11) is 4.12. The van der Waals surface area contributed by atoms with Crippen LogP contribution in [0.25, 0.3) is 11.3 Å². The molecular weight excluding hydrogens is 466 g/mol. The molecule has 37 heavy (non-hydrogen) atoms. The van der Waals surface area contributed by atoms with Crippen molar-refractivity contribution in [3.63, 3.8) is 0 Å². The van der Waals surface area contributed by atoms with Gasteiger partial charge in [0.25, 0.3) is 5.91 Å². The lowest BCUT2D eigenvalue weighted by Crippen LogP contribution is -3.05. The van der Waals surface area contributed by atoms with E-state index in [1.165, 1.54) is 4.90 Å². The van der Waals surface area contributed by atoms with Crippen LogP contribution in [0.4, 0.5) is 23.0 Å². The minimum absolute atomic E-state index is 0.0299. The Morgan fingerprint density at radius 2 is 1.68 bits per heavy atom. The zero-order valence-electron chi connectivity index (χ0n) is 20.9. The number of rotatable bonds is 10. The van der Waals surface area contributed by atoms with Gasteiger partial charge in [0.2, 0.25) is 11.9 Å². The van der Waals surface area contributed by atoms with Crippen LogP contribution in [0.1, 0.15) is 23.2 Å². The van der Waals surface area contributed by atoms with Crippen molar-refractivity contribution < 1.29 is 14.5 Å². The molecular formula is C28H30N7O2+. The standard InChI is InChI=1S/C28H29N7O2/c1-35(2)17-5-9-26(36)31-22-12-10-20(11-13-22)27(37)32-23-7-3-8-24(18-23)33-28-30-16-14-25(34-28)21-6-4-15-29-19-21/h3-4,6-8,10-16,18-19H,5,9,17H2,1-2H3,(H,31,36)(H,32,37)(H,30,33,34)/p+1. The summed E-state index contributed by atoms with van der Waals surface area (Å²) in [6, 6.07) is 19.8. The molecule has 0 aliphatic rings. The van der Waals surface area contributed by atoms with Gasteiger partial charge < -0.3 is 20.9 Å². The number of hydrogen-bond acceptors (Lipinski definition) is 6. The van der Waals surface area contributed by atoms with Crippen molar-refractivity contribution in [2.45, 2.75) is 12.8 Å². The fourth-order valence-electron chi connectivity index (χ4n) is 3.63. The highest BCUT2D eigenvalue weighted by atomic mass is 16.2. The van der Waals surface area contributed by atoms with Crippen molar-refractivity contribution in [3.05, 3.63) is 90.9 Å². The number of benzene rings is 2. The Morgan fingerprint density at radius 3 is 2.43 bits per heavy atom. The quantitative estimate of drug-likeness (QED) is 0.268. The number of pyridine rings is 1. The van der Waals surface area contributed by atoms with E-state index in [1.54, 1.807) is 48.9 Å². The maximum Gasteiger partial charge on any atom is 0.255 e.